The van der Waals surface area contributed by atoms with E-state index in [1.165, 1.54) is 24.0 Å². The predicted octanol–water partition coefficient (Wildman–Crippen LogP) is 2.85. The molecule has 0 aromatic rings. The summed E-state index contributed by atoms with van der Waals surface area (Å²) >= 11 is 0. The van der Waals surface area contributed by atoms with Gasteiger partial charge in [-0.1, -0.05) is 27.0 Å². The lowest BCUT2D eigenvalue weighted by atomic mass is 9.89. The van der Waals surface area contributed by atoms with E-state index in [1.807, 2.05) is 0 Å². The molecule has 14 heavy (non-hydrogen) atoms. The van der Waals surface area contributed by atoms with Crippen LogP contribution in [0.25, 0.3) is 0 Å². The molecule has 1 aliphatic rings. The van der Waals surface area contributed by atoms with Crippen molar-refractivity contribution in [3.63, 3.8) is 0 Å². The SMILES string of the molecule is C=CC[N+]1(CC=C)C[C@@H](C)C[C@H](C)C1. The highest BCUT2D eigenvalue weighted by Crippen LogP contribution is 2.27. The van der Waals surface area contributed by atoms with Gasteiger partial charge >= 0.3 is 0 Å². The summed E-state index contributed by atoms with van der Waals surface area (Å²) in [5.41, 5.74) is 0. The van der Waals surface area contributed by atoms with Crippen molar-refractivity contribution in [3.05, 3.63) is 25.3 Å². The van der Waals surface area contributed by atoms with E-state index < -0.39 is 0 Å². The van der Waals surface area contributed by atoms with Crippen LogP contribution in [0.3, 0.4) is 0 Å². The Morgan fingerprint density at radius 1 is 1.07 bits per heavy atom. The zero-order valence-corrected chi connectivity index (χ0v) is 9.71. The lowest BCUT2D eigenvalue weighted by Gasteiger charge is -2.45. The molecule has 2 atom stereocenters. The molecular weight excluding hydrogens is 170 g/mol. The van der Waals surface area contributed by atoms with Gasteiger partial charge in [0.25, 0.3) is 0 Å². The second kappa shape index (κ2) is 4.79. The molecule has 0 aliphatic carbocycles. The van der Waals surface area contributed by atoms with Gasteiger partial charge in [-0.15, -0.1) is 0 Å². The first-order valence-corrected chi connectivity index (χ1v) is 5.69. The molecule has 0 bridgehead atoms. The monoisotopic (exact) mass is 194 g/mol. The van der Waals surface area contributed by atoms with Gasteiger partial charge in [-0.25, -0.2) is 0 Å². The largest absolute Gasteiger partial charge is 0.317 e. The zero-order valence-electron chi connectivity index (χ0n) is 9.71. The molecule has 0 aromatic carbocycles. The Morgan fingerprint density at radius 2 is 1.50 bits per heavy atom. The van der Waals surface area contributed by atoms with Gasteiger partial charge in [-0.3, -0.25) is 0 Å². The maximum atomic E-state index is 3.88. The first kappa shape index (κ1) is 11.5. The summed E-state index contributed by atoms with van der Waals surface area (Å²) < 4.78 is 1.18. The van der Waals surface area contributed by atoms with Crippen LogP contribution < -0.4 is 0 Å². The number of likely N-dealkylation sites (tertiary alicyclic amines) is 1. The van der Waals surface area contributed by atoms with E-state index in [2.05, 4.69) is 39.2 Å². The molecule has 0 spiro atoms. The molecule has 80 valence electrons. The van der Waals surface area contributed by atoms with E-state index in [-0.39, 0.29) is 0 Å². The number of nitrogens with zero attached hydrogens (tertiary/aromatic N) is 1. The van der Waals surface area contributed by atoms with E-state index in [9.17, 15) is 0 Å². The third kappa shape index (κ3) is 2.71. The van der Waals surface area contributed by atoms with Gasteiger partial charge in [-0.05, 0) is 18.6 Å². The summed E-state index contributed by atoms with van der Waals surface area (Å²) in [6.45, 7) is 17.3. The lowest BCUT2D eigenvalue weighted by Crippen LogP contribution is -2.56. The average molecular weight is 194 g/mol. The molecule has 0 saturated carbocycles. The molecule has 1 heterocycles. The fraction of sp³-hybridized carbons (Fsp3) is 0.692. The molecule has 1 aliphatic heterocycles. The van der Waals surface area contributed by atoms with Crippen molar-refractivity contribution in [1.82, 2.24) is 0 Å². The Hall–Kier alpha value is -0.560. The molecule has 1 rings (SSSR count). The minimum Gasteiger partial charge on any atom is -0.317 e. The maximum Gasteiger partial charge on any atom is 0.0973 e. The summed E-state index contributed by atoms with van der Waals surface area (Å²) in [5.74, 6) is 1.69. The molecule has 0 unspecified atom stereocenters. The molecule has 1 saturated heterocycles. The Balaban J connectivity index is 2.73. The number of quaternary nitrogens is 1. The van der Waals surface area contributed by atoms with Gasteiger partial charge in [-0.2, -0.15) is 0 Å². The smallest absolute Gasteiger partial charge is 0.0973 e. The van der Waals surface area contributed by atoms with Crippen LogP contribution >= 0.6 is 0 Å². The van der Waals surface area contributed by atoms with Crippen molar-refractivity contribution >= 4 is 0 Å². The topological polar surface area (TPSA) is 0 Å². The highest BCUT2D eigenvalue weighted by Gasteiger charge is 2.34. The van der Waals surface area contributed by atoms with Gasteiger partial charge in [0, 0.05) is 11.8 Å². The highest BCUT2D eigenvalue weighted by molar-refractivity contribution is 4.76. The van der Waals surface area contributed by atoms with Gasteiger partial charge < -0.3 is 4.48 Å². The lowest BCUT2D eigenvalue weighted by molar-refractivity contribution is -0.928. The van der Waals surface area contributed by atoms with Crippen molar-refractivity contribution in [1.29, 1.82) is 0 Å². The van der Waals surface area contributed by atoms with E-state index in [0.29, 0.717) is 0 Å². The standard InChI is InChI=1S/C13H24N/c1-5-7-14(8-6-2)10-12(3)9-13(4)11-14/h5-6,12-13H,1-2,7-11H2,3-4H3/q+1/t12-,13-/m0/s1. The summed E-state index contributed by atoms with van der Waals surface area (Å²) in [6.07, 6.45) is 5.51. The van der Waals surface area contributed by atoms with Crippen LogP contribution in [0, 0.1) is 11.8 Å². The van der Waals surface area contributed by atoms with Crippen molar-refractivity contribution < 1.29 is 4.48 Å². The predicted molar refractivity (Wildman–Crippen MR) is 63.1 cm³/mol. The van der Waals surface area contributed by atoms with Crippen LogP contribution in [0.15, 0.2) is 25.3 Å². The Labute approximate surface area is 88.7 Å². The molecule has 0 aromatic heterocycles. The van der Waals surface area contributed by atoms with Crippen LogP contribution in [0.5, 0.6) is 0 Å². The second-order valence-corrected chi connectivity index (χ2v) is 5.10. The summed E-state index contributed by atoms with van der Waals surface area (Å²) in [5, 5.41) is 0. The van der Waals surface area contributed by atoms with Crippen LogP contribution in [-0.2, 0) is 0 Å². The van der Waals surface area contributed by atoms with Gasteiger partial charge in [0.15, 0.2) is 0 Å². The Morgan fingerprint density at radius 3 is 1.86 bits per heavy atom. The third-order valence-corrected chi connectivity index (χ3v) is 3.24. The normalized spacial score (nSPS) is 31.0. The highest BCUT2D eigenvalue weighted by atomic mass is 15.4. The molecule has 0 amide bonds. The first-order chi connectivity index (χ1) is 6.62. The fourth-order valence-electron chi connectivity index (χ4n) is 3.15. The van der Waals surface area contributed by atoms with Gasteiger partial charge in [0.1, 0.15) is 0 Å². The van der Waals surface area contributed by atoms with Crippen LogP contribution in [0.2, 0.25) is 0 Å². The quantitative estimate of drug-likeness (QED) is 0.477. The average Bonchev–Trinajstić information content (AvgIpc) is 2.02. The first-order valence-electron chi connectivity index (χ1n) is 5.69. The van der Waals surface area contributed by atoms with Crippen molar-refractivity contribution in [3.8, 4) is 0 Å². The number of hydrogen-bond donors (Lipinski definition) is 0. The van der Waals surface area contributed by atoms with Crippen molar-refractivity contribution in [2.75, 3.05) is 26.2 Å². The summed E-state index contributed by atoms with van der Waals surface area (Å²) in [6, 6.07) is 0. The molecule has 1 nitrogen and oxygen atoms in total. The zero-order chi connectivity index (χ0) is 10.6. The Kier molecular flexibility index (Phi) is 3.94. The number of piperidine rings is 1. The molecule has 1 fully saturated rings. The minimum atomic E-state index is 0.846. The van der Waals surface area contributed by atoms with Crippen LogP contribution in [0.1, 0.15) is 20.3 Å². The maximum absolute atomic E-state index is 3.88. The summed E-state index contributed by atoms with van der Waals surface area (Å²) in [7, 11) is 0. The second-order valence-electron chi connectivity index (χ2n) is 5.10. The molecule has 0 N–H and O–H groups in total. The molecule has 1 heteroatoms. The van der Waals surface area contributed by atoms with Crippen molar-refractivity contribution in [2.24, 2.45) is 11.8 Å². The fourth-order valence-corrected chi connectivity index (χ4v) is 3.15. The van der Waals surface area contributed by atoms with Crippen LogP contribution in [0.4, 0.5) is 0 Å². The van der Waals surface area contributed by atoms with Crippen LogP contribution in [-0.4, -0.2) is 30.7 Å². The molecular formula is C13H24N+. The van der Waals surface area contributed by atoms with E-state index in [0.717, 1.165) is 24.9 Å². The van der Waals surface area contributed by atoms with Gasteiger partial charge in [0.05, 0.1) is 26.2 Å². The third-order valence-electron chi connectivity index (χ3n) is 3.24. The number of hydrogen-bond acceptors (Lipinski definition) is 0. The van der Waals surface area contributed by atoms with Crippen molar-refractivity contribution in [2.45, 2.75) is 20.3 Å². The van der Waals surface area contributed by atoms with E-state index in [4.69, 9.17) is 0 Å². The molecule has 0 radical (unpaired) electrons. The minimum absolute atomic E-state index is 0.846. The van der Waals surface area contributed by atoms with E-state index >= 15 is 0 Å². The van der Waals surface area contributed by atoms with Gasteiger partial charge in [0.2, 0.25) is 0 Å². The number of rotatable bonds is 4. The Bertz CT molecular complexity index is 185. The van der Waals surface area contributed by atoms with E-state index in [1.54, 1.807) is 0 Å². The summed E-state index contributed by atoms with van der Waals surface area (Å²) in [4.78, 5) is 0.